The summed E-state index contributed by atoms with van der Waals surface area (Å²) in [5, 5.41) is 0.682. The maximum absolute atomic E-state index is 6.82. The minimum absolute atomic E-state index is 0.682. The Labute approximate surface area is 182 Å². The van der Waals surface area contributed by atoms with Gasteiger partial charge in [0.25, 0.3) is 0 Å². The van der Waals surface area contributed by atoms with E-state index in [0.29, 0.717) is 5.03 Å². The standard InChI is InChI=1S/C27H34ClN/c1-7-23-14-9-11-19(4)26(23)29-21(6)17-20(5)25(27(29)24(28)8-2)18(3)15-16-22-12-10-13-22/h8-9,11,14,17,22H,2,5,7,10,12-13,15-16H2,1,3-4,6H3/b25-18+,27-24-. The van der Waals surface area contributed by atoms with E-state index in [1.54, 1.807) is 6.08 Å². The maximum atomic E-state index is 6.82. The molecule has 0 aromatic heterocycles. The molecule has 1 fully saturated rings. The first-order chi connectivity index (χ1) is 13.9. The van der Waals surface area contributed by atoms with E-state index in [1.807, 2.05) is 0 Å². The van der Waals surface area contributed by atoms with Gasteiger partial charge >= 0.3 is 0 Å². The molecule has 1 aromatic rings. The Kier molecular flexibility index (Phi) is 6.90. The van der Waals surface area contributed by atoms with Crippen molar-refractivity contribution in [3.63, 3.8) is 0 Å². The zero-order valence-corrected chi connectivity index (χ0v) is 19.2. The number of hydrogen-bond acceptors (Lipinski definition) is 1. The molecule has 29 heavy (non-hydrogen) atoms. The fourth-order valence-corrected chi connectivity index (χ4v) is 4.75. The topological polar surface area (TPSA) is 3.24 Å². The second kappa shape index (κ2) is 9.22. The first-order valence-electron chi connectivity index (χ1n) is 10.9. The monoisotopic (exact) mass is 407 g/mol. The second-order valence-electron chi connectivity index (χ2n) is 8.47. The molecule has 2 heteroatoms. The van der Waals surface area contributed by atoms with Crippen LogP contribution in [-0.2, 0) is 6.42 Å². The van der Waals surface area contributed by atoms with Crippen molar-refractivity contribution in [3.8, 4) is 0 Å². The number of rotatable bonds is 6. The van der Waals surface area contributed by atoms with Crippen molar-refractivity contribution in [3.05, 3.63) is 87.8 Å². The van der Waals surface area contributed by atoms with Crippen LogP contribution in [0.15, 0.2) is 76.7 Å². The van der Waals surface area contributed by atoms with Crippen LogP contribution < -0.4 is 4.90 Å². The fourth-order valence-electron chi connectivity index (χ4n) is 4.57. The van der Waals surface area contributed by atoms with Gasteiger partial charge < -0.3 is 4.90 Å². The molecule has 0 N–H and O–H groups in total. The van der Waals surface area contributed by atoms with Crippen LogP contribution in [0.4, 0.5) is 5.69 Å². The number of aryl methyl sites for hydroxylation is 2. The highest BCUT2D eigenvalue weighted by molar-refractivity contribution is 6.32. The lowest BCUT2D eigenvalue weighted by molar-refractivity contribution is 0.296. The SMILES string of the molecule is C=C/C(Cl)=C1\C(=C(/C)CCC2CCC2)C(=C)C=C(C)N1c1c(C)cccc1CC. The highest BCUT2D eigenvalue weighted by Crippen LogP contribution is 2.44. The van der Waals surface area contributed by atoms with Crippen molar-refractivity contribution in [1.82, 2.24) is 0 Å². The van der Waals surface area contributed by atoms with Crippen LogP contribution >= 0.6 is 11.6 Å². The third-order valence-electron chi connectivity index (χ3n) is 6.43. The summed E-state index contributed by atoms with van der Waals surface area (Å²) < 4.78 is 0. The van der Waals surface area contributed by atoms with Gasteiger partial charge in [0.2, 0.25) is 0 Å². The maximum Gasteiger partial charge on any atom is 0.0722 e. The molecule has 1 heterocycles. The molecule has 0 unspecified atom stereocenters. The van der Waals surface area contributed by atoms with E-state index < -0.39 is 0 Å². The van der Waals surface area contributed by atoms with Crippen molar-refractivity contribution in [2.45, 2.75) is 66.2 Å². The van der Waals surface area contributed by atoms with E-state index in [9.17, 15) is 0 Å². The summed E-state index contributed by atoms with van der Waals surface area (Å²) in [7, 11) is 0. The number of nitrogens with zero attached hydrogens (tertiary/aromatic N) is 1. The lowest BCUT2D eigenvalue weighted by Gasteiger charge is -2.38. The average Bonchev–Trinajstić information content (AvgIpc) is 2.65. The molecule has 0 amide bonds. The molecule has 0 atom stereocenters. The Morgan fingerprint density at radius 3 is 2.59 bits per heavy atom. The van der Waals surface area contributed by atoms with Gasteiger partial charge in [0.15, 0.2) is 0 Å². The molecular formula is C27H34ClN. The van der Waals surface area contributed by atoms with Crippen molar-refractivity contribution in [1.29, 1.82) is 0 Å². The van der Waals surface area contributed by atoms with Gasteiger partial charge in [0.05, 0.1) is 16.4 Å². The van der Waals surface area contributed by atoms with Gasteiger partial charge in [-0.25, -0.2) is 0 Å². The predicted molar refractivity (Wildman–Crippen MR) is 128 cm³/mol. The molecule has 1 aromatic carbocycles. The Bertz CT molecular complexity index is 908. The van der Waals surface area contributed by atoms with Gasteiger partial charge in [-0.05, 0) is 74.8 Å². The van der Waals surface area contributed by atoms with Gasteiger partial charge in [-0.15, -0.1) is 0 Å². The molecule has 0 bridgehead atoms. The first-order valence-corrected chi connectivity index (χ1v) is 11.2. The van der Waals surface area contributed by atoms with Crippen LogP contribution in [0.25, 0.3) is 0 Å². The number of halogens is 1. The highest BCUT2D eigenvalue weighted by atomic mass is 35.5. The molecule has 0 spiro atoms. The Balaban J connectivity index is 2.17. The van der Waals surface area contributed by atoms with Crippen molar-refractivity contribution in [2.24, 2.45) is 5.92 Å². The summed E-state index contributed by atoms with van der Waals surface area (Å²) >= 11 is 6.82. The van der Waals surface area contributed by atoms with Crippen LogP contribution in [0.3, 0.4) is 0 Å². The number of benzene rings is 1. The van der Waals surface area contributed by atoms with Crippen molar-refractivity contribution < 1.29 is 0 Å². The Morgan fingerprint density at radius 2 is 2.00 bits per heavy atom. The molecule has 1 aliphatic carbocycles. The number of allylic oxidation sites excluding steroid dienone is 6. The first kappa shape index (κ1) is 21.7. The van der Waals surface area contributed by atoms with Crippen LogP contribution in [0.1, 0.15) is 64.0 Å². The van der Waals surface area contributed by atoms with Gasteiger partial charge in [-0.2, -0.15) is 0 Å². The number of anilines is 1. The van der Waals surface area contributed by atoms with Crippen LogP contribution in [0, 0.1) is 12.8 Å². The molecule has 1 nitrogen and oxygen atoms in total. The Hall–Kier alpha value is -1.99. The van der Waals surface area contributed by atoms with E-state index in [4.69, 9.17) is 11.6 Å². The third-order valence-corrected chi connectivity index (χ3v) is 6.76. The van der Waals surface area contributed by atoms with Crippen LogP contribution in [-0.4, -0.2) is 0 Å². The van der Waals surface area contributed by atoms with E-state index in [0.717, 1.165) is 35.7 Å². The normalized spacial score (nSPS) is 20.9. The molecule has 3 rings (SSSR count). The number of hydrogen-bond donors (Lipinski definition) is 0. The minimum atomic E-state index is 0.682. The van der Waals surface area contributed by atoms with Gasteiger partial charge in [-0.1, -0.05) is 74.7 Å². The summed E-state index contributed by atoms with van der Waals surface area (Å²) in [4.78, 5) is 2.33. The highest BCUT2D eigenvalue weighted by Gasteiger charge is 2.30. The Morgan fingerprint density at radius 1 is 1.28 bits per heavy atom. The van der Waals surface area contributed by atoms with E-state index in [1.165, 1.54) is 53.6 Å². The largest absolute Gasteiger partial charge is 0.312 e. The molecular weight excluding hydrogens is 374 g/mol. The molecule has 154 valence electrons. The summed E-state index contributed by atoms with van der Waals surface area (Å²) in [6.07, 6.45) is 11.4. The van der Waals surface area contributed by atoms with Crippen LogP contribution in [0.2, 0.25) is 0 Å². The van der Waals surface area contributed by atoms with E-state index in [2.05, 4.69) is 70.0 Å². The minimum Gasteiger partial charge on any atom is -0.312 e. The summed E-state index contributed by atoms with van der Waals surface area (Å²) in [6.45, 7) is 17.2. The molecule has 1 aliphatic heterocycles. The smallest absolute Gasteiger partial charge is 0.0722 e. The molecule has 1 saturated carbocycles. The molecule has 2 aliphatic rings. The van der Waals surface area contributed by atoms with Crippen molar-refractivity contribution in [2.75, 3.05) is 4.90 Å². The van der Waals surface area contributed by atoms with E-state index >= 15 is 0 Å². The second-order valence-corrected chi connectivity index (χ2v) is 8.88. The van der Waals surface area contributed by atoms with Crippen molar-refractivity contribution >= 4 is 17.3 Å². The predicted octanol–water partition coefficient (Wildman–Crippen LogP) is 8.37. The summed E-state index contributed by atoms with van der Waals surface area (Å²) in [5.41, 5.74) is 9.58. The fraction of sp³-hybridized carbons (Fsp3) is 0.407. The lowest BCUT2D eigenvalue weighted by Crippen LogP contribution is -2.29. The molecule has 0 radical (unpaired) electrons. The zero-order chi connectivity index (χ0) is 21.1. The third kappa shape index (κ3) is 4.31. The average molecular weight is 408 g/mol. The summed E-state index contributed by atoms with van der Waals surface area (Å²) in [5.74, 6) is 0.890. The van der Waals surface area contributed by atoms with Crippen LogP contribution in [0.5, 0.6) is 0 Å². The van der Waals surface area contributed by atoms with Gasteiger partial charge in [0, 0.05) is 11.3 Å². The van der Waals surface area contributed by atoms with Gasteiger partial charge in [0.1, 0.15) is 0 Å². The number of para-hydroxylation sites is 1. The molecule has 0 saturated heterocycles. The van der Waals surface area contributed by atoms with Gasteiger partial charge in [-0.3, -0.25) is 0 Å². The summed E-state index contributed by atoms with van der Waals surface area (Å²) in [6, 6.07) is 6.53. The zero-order valence-electron chi connectivity index (χ0n) is 18.4. The quantitative estimate of drug-likeness (QED) is 0.457. The lowest BCUT2D eigenvalue weighted by atomic mass is 9.80. The van der Waals surface area contributed by atoms with E-state index in [-0.39, 0.29) is 0 Å².